The standard InChI is InChI=1S/C19H18F3N3O2/c1-12-14(11-24-25-12)5-3-9-23-18(26)17-8-7-16(27-17)13-4-2-6-15(10-13)19(20,21)22/h2,4,6-8,10-11H,3,5,9H2,1H3,(H,23,26)(H,24,25). The fourth-order valence-electron chi connectivity index (χ4n) is 2.66. The number of benzene rings is 1. The highest BCUT2D eigenvalue weighted by atomic mass is 19.4. The van der Waals surface area contributed by atoms with Gasteiger partial charge >= 0.3 is 6.18 Å². The Hall–Kier alpha value is -3.03. The number of aromatic nitrogens is 2. The third-order valence-electron chi connectivity index (χ3n) is 4.15. The molecule has 1 amide bonds. The van der Waals surface area contributed by atoms with Crippen LogP contribution in [0.3, 0.4) is 0 Å². The normalized spacial score (nSPS) is 11.6. The van der Waals surface area contributed by atoms with Crippen molar-refractivity contribution in [1.29, 1.82) is 0 Å². The highest BCUT2D eigenvalue weighted by Crippen LogP contribution is 2.32. The Morgan fingerprint density at radius 3 is 2.78 bits per heavy atom. The molecule has 0 aliphatic carbocycles. The first kappa shape index (κ1) is 18.8. The Kier molecular flexibility index (Phi) is 5.34. The number of rotatable bonds is 6. The molecule has 0 aliphatic heterocycles. The Labute approximate surface area is 153 Å². The smallest absolute Gasteiger partial charge is 0.416 e. The molecule has 0 atom stereocenters. The van der Waals surface area contributed by atoms with Gasteiger partial charge in [-0.1, -0.05) is 12.1 Å². The van der Waals surface area contributed by atoms with Gasteiger partial charge in [-0.25, -0.2) is 0 Å². The fraction of sp³-hybridized carbons (Fsp3) is 0.263. The molecule has 0 bridgehead atoms. The molecule has 0 spiro atoms. The van der Waals surface area contributed by atoms with Crippen LogP contribution in [-0.4, -0.2) is 22.6 Å². The quantitative estimate of drug-likeness (QED) is 0.627. The number of nitrogens with zero attached hydrogens (tertiary/aromatic N) is 1. The molecule has 0 saturated heterocycles. The molecule has 0 fully saturated rings. The van der Waals surface area contributed by atoms with Crippen molar-refractivity contribution in [1.82, 2.24) is 15.5 Å². The van der Waals surface area contributed by atoms with Crippen LogP contribution in [0.25, 0.3) is 11.3 Å². The molecule has 0 saturated carbocycles. The molecule has 0 radical (unpaired) electrons. The van der Waals surface area contributed by atoms with Crippen molar-refractivity contribution in [2.75, 3.05) is 6.54 Å². The Balaban J connectivity index is 1.58. The zero-order chi connectivity index (χ0) is 19.4. The average molecular weight is 377 g/mol. The van der Waals surface area contributed by atoms with Gasteiger partial charge in [0, 0.05) is 17.8 Å². The van der Waals surface area contributed by atoms with Crippen LogP contribution < -0.4 is 5.32 Å². The summed E-state index contributed by atoms with van der Waals surface area (Å²) in [5, 5.41) is 9.53. The summed E-state index contributed by atoms with van der Waals surface area (Å²) in [6.45, 7) is 2.38. The number of carbonyl (C=O) groups excluding carboxylic acids is 1. The van der Waals surface area contributed by atoms with E-state index >= 15 is 0 Å². The molecule has 2 N–H and O–H groups in total. The number of halogens is 3. The number of amides is 1. The van der Waals surface area contributed by atoms with Gasteiger partial charge < -0.3 is 9.73 Å². The lowest BCUT2D eigenvalue weighted by Crippen LogP contribution is -2.24. The Morgan fingerprint density at radius 2 is 2.07 bits per heavy atom. The van der Waals surface area contributed by atoms with Gasteiger partial charge in [0.05, 0.1) is 11.8 Å². The second-order valence-corrected chi connectivity index (χ2v) is 6.12. The van der Waals surface area contributed by atoms with E-state index in [-0.39, 0.29) is 17.1 Å². The summed E-state index contributed by atoms with van der Waals surface area (Å²) in [5.41, 5.74) is 1.59. The fourth-order valence-corrected chi connectivity index (χ4v) is 2.66. The van der Waals surface area contributed by atoms with Crippen molar-refractivity contribution in [3.8, 4) is 11.3 Å². The second kappa shape index (κ2) is 7.69. The summed E-state index contributed by atoms with van der Waals surface area (Å²) in [7, 11) is 0. The highest BCUT2D eigenvalue weighted by molar-refractivity contribution is 5.92. The number of carbonyl (C=O) groups is 1. The van der Waals surface area contributed by atoms with Crippen molar-refractivity contribution < 1.29 is 22.4 Å². The number of hydrogen-bond donors (Lipinski definition) is 2. The van der Waals surface area contributed by atoms with E-state index in [2.05, 4.69) is 15.5 Å². The van der Waals surface area contributed by atoms with E-state index in [1.807, 2.05) is 6.92 Å². The topological polar surface area (TPSA) is 70.9 Å². The van der Waals surface area contributed by atoms with Crippen LogP contribution in [0.1, 0.15) is 33.8 Å². The van der Waals surface area contributed by atoms with Crippen molar-refractivity contribution in [3.05, 3.63) is 65.2 Å². The van der Waals surface area contributed by atoms with E-state index in [4.69, 9.17) is 4.42 Å². The van der Waals surface area contributed by atoms with Crippen LogP contribution in [0.4, 0.5) is 13.2 Å². The van der Waals surface area contributed by atoms with Crippen molar-refractivity contribution in [2.45, 2.75) is 25.9 Å². The molecule has 5 nitrogen and oxygen atoms in total. The van der Waals surface area contributed by atoms with Gasteiger partial charge in [0.2, 0.25) is 0 Å². The van der Waals surface area contributed by atoms with Crippen molar-refractivity contribution in [3.63, 3.8) is 0 Å². The minimum Gasteiger partial charge on any atom is -0.451 e. The number of nitrogens with one attached hydrogen (secondary N) is 2. The van der Waals surface area contributed by atoms with E-state index < -0.39 is 17.6 Å². The van der Waals surface area contributed by atoms with Crippen LogP contribution >= 0.6 is 0 Å². The third-order valence-corrected chi connectivity index (χ3v) is 4.15. The van der Waals surface area contributed by atoms with Crippen LogP contribution in [-0.2, 0) is 12.6 Å². The molecule has 27 heavy (non-hydrogen) atoms. The van der Waals surface area contributed by atoms with Crippen LogP contribution in [0.15, 0.2) is 47.0 Å². The summed E-state index contributed by atoms with van der Waals surface area (Å²) in [4.78, 5) is 12.1. The molecular formula is C19H18F3N3O2. The van der Waals surface area contributed by atoms with Crippen LogP contribution in [0.2, 0.25) is 0 Å². The average Bonchev–Trinajstić information content (AvgIpc) is 3.27. The molecule has 2 heterocycles. The van der Waals surface area contributed by atoms with Gasteiger partial charge in [0.25, 0.3) is 5.91 Å². The molecular weight excluding hydrogens is 359 g/mol. The largest absolute Gasteiger partial charge is 0.451 e. The number of H-pyrrole nitrogens is 1. The first-order chi connectivity index (χ1) is 12.8. The number of aromatic amines is 1. The summed E-state index contributed by atoms with van der Waals surface area (Å²) >= 11 is 0. The molecule has 1 aromatic carbocycles. The second-order valence-electron chi connectivity index (χ2n) is 6.12. The maximum absolute atomic E-state index is 12.8. The number of aryl methyl sites for hydroxylation is 2. The van der Waals surface area contributed by atoms with E-state index in [9.17, 15) is 18.0 Å². The molecule has 2 aromatic heterocycles. The zero-order valence-electron chi connectivity index (χ0n) is 14.6. The lowest BCUT2D eigenvalue weighted by molar-refractivity contribution is -0.137. The first-order valence-electron chi connectivity index (χ1n) is 8.39. The Bertz CT molecular complexity index is 928. The highest BCUT2D eigenvalue weighted by Gasteiger charge is 2.30. The van der Waals surface area contributed by atoms with E-state index in [1.165, 1.54) is 24.3 Å². The maximum Gasteiger partial charge on any atom is 0.416 e. The number of furan rings is 1. The van der Waals surface area contributed by atoms with Gasteiger partial charge in [-0.15, -0.1) is 0 Å². The summed E-state index contributed by atoms with van der Waals surface area (Å²) < 4.78 is 43.9. The third kappa shape index (κ3) is 4.58. The predicted octanol–water partition coefficient (Wildman–Crippen LogP) is 4.36. The van der Waals surface area contributed by atoms with Crippen LogP contribution in [0.5, 0.6) is 0 Å². The van der Waals surface area contributed by atoms with E-state index in [0.29, 0.717) is 6.54 Å². The van der Waals surface area contributed by atoms with Crippen molar-refractivity contribution >= 4 is 5.91 Å². The monoisotopic (exact) mass is 377 g/mol. The zero-order valence-corrected chi connectivity index (χ0v) is 14.6. The maximum atomic E-state index is 12.8. The molecule has 0 aliphatic rings. The number of hydrogen-bond acceptors (Lipinski definition) is 3. The van der Waals surface area contributed by atoms with Gasteiger partial charge in [-0.2, -0.15) is 18.3 Å². The molecule has 0 unspecified atom stereocenters. The van der Waals surface area contributed by atoms with E-state index in [1.54, 1.807) is 6.20 Å². The summed E-state index contributed by atoms with van der Waals surface area (Å²) in [5.74, 6) is -0.140. The minimum atomic E-state index is -4.43. The van der Waals surface area contributed by atoms with Gasteiger partial charge in [-0.05, 0) is 49.6 Å². The summed E-state index contributed by atoms with van der Waals surface area (Å²) in [6.07, 6.45) is -1.18. The first-order valence-corrected chi connectivity index (χ1v) is 8.39. The predicted molar refractivity (Wildman–Crippen MR) is 93.1 cm³/mol. The minimum absolute atomic E-state index is 0.0573. The molecule has 142 valence electrons. The van der Waals surface area contributed by atoms with Crippen molar-refractivity contribution in [2.24, 2.45) is 0 Å². The molecule has 8 heteroatoms. The Morgan fingerprint density at radius 1 is 1.26 bits per heavy atom. The van der Waals surface area contributed by atoms with E-state index in [0.717, 1.165) is 36.2 Å². The van der Waals surface area contributed by atoms with Gasteiger partial charge in [-0.3, -0.25) is 9.89 Å². The number of alkyl halides is 3. The molecule has 3 aromatic rings. The SMILES string of the molecule is Cc1[nH]ncc1CCCNC(=O)c1ccc(-c2cccc(C(F)(F)F)c2)o1. The summed E-state index contributed by atoms with van der Waals surface area (Å²) in [6, 6.07) is 7.72. The van der Waals surface area contributed by atoms with Crippen LogP contribution in [0, 0.1) is 6.92 Å². The molecule has 3 rings (SSSR count). The lowest BCUT2D eigenvalue weighted by Gasteiger charge is -2.07. The van der Waals surface area contributed by atoms with Gasteiger partial charge in [0.15, 0.2) is 5.76 Å². The van der Waals surface area contributed by atoms with Gasteiger partial charge in [0.1, 0.15) is 5.76 Å². The lowest BCUT2D eigenvalue weighted by atomic mass is 10.1.